The van der Waals surface area contributed by atoms with Crippen molar-refractivity contribution in [3.8, 4) is 5.75 Å². The first-order chi connectivity index (χ1) is 20.1. The molecule has 1 aliphatic heterocycles. The van der Waals surface area contributed by atoms with Crippen molar-refractivity contribution in [3.63, 3.8) is 0 Å². The van der Waals surface area contributed by atoms with Gasteiger partial charge < -0.3 is 4.74 Å². The Balaban J connectivity index is 1.37. The molecule has 0 aromatic heterocycles. The second-order valence-corrected chi connectivity index (χ2v) is 10.6. The number of benzene rings is 3. The number of carbonyl (C=O) groups is 5. The van der Waals surface area contributed by atoms with Gasteiger partial charge in [-0.3, -0.25) is 29.3 Å². The minimum absolute atomic E-state index is 0.0443. The van der Waals surface area contributed by atoms with Gasteiger partial charge in [0.15, 0.2) is 5.78 Å². The number of carbonyl (C=O) groups excluding carboxylic acids is 5. The number of allylic oxidation sites excluding steroid dienone is 2. The first-order valence-corrected chi connectivity index (χ1v) is 13.6. The van der Waals surface area contributed by atoms with Gasteiger partial charge in [0.25, 0.3) is 23.4 Å². The summed E-state index contributed by atoms with van der Waals surface area (Å²) in [7, 11) is 0. The molecule has 3 aromatic carbocycles. The Kier molecular flexibility index (Phi) is 8.07. The number of non-ortho nitro benzene ring substituents is 1. The number of hydrogen-bond donors (Lipinski definition) is 0. The highest BCUT2D eigenvalue weighted by molar-refractivity contribution is 9.10. The van der Waals surface area contributed by atoms with Crippen LogP contribution >= 0.6 is 15.9 Å². The van der Waals surface area contributed by atoms with Crippen LogP contribution in [0.15, 0.2) is 89.4 Å². The van der Waals surface area contributed by atoms with Crippen molar-refractivity contribution in [2.45, 2.75) is 12.8 Å². The molecule has 212 valence electrons. The van der Waals surface area contributed by atoms with Crippen molar-refractivity contribution < 1.29 is 33.6 Å². The lowest BCUT2D eigenvalue weighted by atomic mass is 9.85. The van der Waals surface area contributed by atoms with E-state index in [1.165, 1.54) is 36.4 Å². The van der Waals surface area contributed by atoms with Crippen LogP contribution in [0.5, 0.6) is 5.75 Å². The first kappa shape index (κ1) is 28.6. The van der Waals surface area contributed by atoms with Crippen molar-refractivity contribution in [2.24, 2.45) is 11.8 Å². The molecule has 2 aliphatic rings. The Morgan fingerprint density at radius 2 is 1.36 bits per heavy atom. The lowest BCUT2D eigenvalue weighted by Crippen LogP contribution is -2.52. The third-order valence-corrected chi connectivity index (χ3v) is 7.57. The van der Waals surface area contributed by atoms with E-state index >= 15 is 0 Å². The number of imide groups is 1. The molecule has 0 bridgehead atoms. The summed E-state index contributed by atoms with van der Waals surface area (Å²) in [5.74, 6) is -4.33. The van der Waals surface area contributed by atoms with Gasteiger partial charge in [-0.05, 0) is 73.5 Å². The number of hydrazine groups is 1. The summed E-state index contributed by atoms with van der Waals surface area (Å²) in [4.78, 5) is 76.4. The fourth-order valence-corrected chi connectivity index (χ4v) is 5.08. The maximum Gasteiger partial charge on any atom is 0.343 e. The number of nitrogens with zero attached hydrogens (tertiary/aromatic N) is 3. The van der Waals surface area contributed by atoms with Crippen LogP contribution in [-0.2, 0) is 9.59 Å². The van der Waals surface area contributed by atoms with Crippen LogP contribution in [0.1, 0.15) is 43.9 Å². The zero-order valence-electron chi connectivity index (χ0n) is 21.8. The second-order valence-electron chi connectivity index (χ2n) is 9.65. The van der Waals surface area contributed by atoms with E-state index in [0.717, 1.165) is 26.6 Å². The van der Waals surface area contributed by atoms with Crippen LogP contribution in [0, 0.1) is 22.0 Å². The normalized spacial score (nSPS) is 17.5. The van der Waals surface area contributed by atoms with Gasteiger partial charge in [0.05, 0.1) is 22.3 Å². The van der Waals surface area contributed by atoms with Gasteiger partial charge in [0.1, 0.15) is 12.3 Å². The summed E-state index contributed by atoms with van der Waals surface area (Å²) in [6.07, 6.45) is 4.27. The van der Waals surface area contributed by atoms with Crippen LogP contribution in [0.25, 0.3) is 0 Å². The molecule has 3 amide bonds. The Hall–Kier alpha value is -4.97. The molecule has 1 heterocycles. The Morgan fingerprint density at radius 1 is 0.833 bits per heavy atom. The van der Waals surface area contributed by atoms with Crippen LogP contribution in [-0.4, -0.2) is 51.0 Å². The number of hydrogen-bond acceptors (Lipinski definition) is 8. The predicted molar refractivity (Wildman–Crippen MR) is 151 cm³/mol. The molecule has 0 unspecified atom stereocenters. The maximum atomic E-state index is 13.6. The molecule has 1 saturated heterocycles. The van der Waals surface area contributed by atoms with Crippen LogP contribution in [0.2, 0.25) is 0 Å². The number of fused-ring (bicyclic) bond motifs is 1. The van der Waals surface area contributed by atoms with Crippen molar-refractivity contribution in [2.75, 3.05) is 6.54 Å². The van der Waals surface area contributed by atoms with E-state index in [9.17, 15) is 34.1 Å². The van der Waals surface area contributed by atoms with Gasteiger partial charge >= 0.3 is 5.97 Å². The summed E-state index contributed by atoms with van der Waals surface area (Å²) in [5, 5.41) is 12.6. The Labute approximate surface area is 247 Å². The fraction of sp³-hybridized carbons (Fsp3) is 0.167. The number of nitro benzene ring substituents is 1. The molecule has 42 heavy (non-hydrogen) atoms. The number of esters is 1. The summed E-state index contributed by atoms with van der Waals surface area (Å²) in [6, 6.07) is 16.9. The molecular weight excluding hydrogens is 610 g/mol. The molecule has 1 fully saturated rings. The van der Waals surface area contributed by atoms with E-state index in [2.05, 4.69) is 15.9 Å². The van der Waals surface area contributed by atoms with Crippen molar-refractivity contribution in [1.82, 2.24) is 10.0 Å². The minimum Gasteiger partial charge on any atom is -0.423 e. The standard InChI is InChI=1S/C30H22BrN3O8/c31-21-11-5-20(6-12-21)30(39)42-23-15-9-18(10-16-23)26(35)17-32(27(36)19-7-13-22(14-8-19)34(40)41)33-28(37)24-3-1-2-4-25(24)29(33)38/h1-2,5-16,24-25H,3-4,17H2/t24-,25+. The van der Waals surface area contributed by atoms with Crippen molar-refractivity contribution in [1.29, 1.82) is 0 Å². The highest BCUT2D eigenvalue weighted by Crippen LogP contribution is 2.36. The van der Waals surface area contributed by atoms with Crippen molar-refractivity contribution >= 4 is 51.1 Å². The van der Waals surface area contributed by atoms with Gasteiger partial charge in [-0.25, -0.2) is 9.80 Å². The number of amides is 3. The van der Waals surface area contributed by atoms with Crippen LogP contribution in [0.4, 0.5) is 5.69 Å². The molecule has 0 saturated carbocycles. The predicted octanol–water partition coefficient (Wildman–Crippen LogP) is 4.77. The van der Waals surface area contributed by atoms with E-state index in [0.29, 0.717) is 18.4 Å². The zero-order valence-corrected chi connectivity index (χ0v) is 23.4. The molecular formula is C30H22BrN3O8. The monoisotopic (exact) mass is 631 g/mol. The summed E-state index contributed by atoms with van der Waals surface area (Å²) in [6.45, 7) is -0.655. The molecule has 3 aromatic rings. The van der Waals surface area contributed by atoms with E-state index < -0.39 is 52.8 Å². The van der Waals surface area contributed by atoms with Gasteiger partial charge in [-0.15, -0.1) is 0 Å². The van der Waals surface area contributed by atoms with E-state index in [4.69, 9.17) is 4.74 Å². The first-order valence-electron chi connectivity index (χ1n) is 12.8. The molecule has 0 N–H and O–H groups in total. The number of rotatable bonds is 8. The highest BCUT2D eigenvalue weighted by Gasteiger charge is 2.51. The van der Waals surface area contributed by atoms with Gasteiger partial charge in [-0.1, -0.05) is 28.1 Å². The van der Waals surface area contributed by atoms with Gasteiger partial charge in [0, 0.05) is 27.7 Å². The average Bonchev–Trinajstić information content (AvgIpc) is 3.25. The number of ether oxygens (including phenoxy) is 1. The van der Waals surface area contributed by atoms with Crippen molar-refractivity contribution in [3.05, 3.63) is 116 Å². The van der Waals surface area contributed by atoms with E-state index in [1.54, 1.807) is 36.4 Å². The largest absolute Gasteiger partial charge is 0.423 e. The summed E-state index contributed by atoms with van der Waals surface area (Å²) >= 11 is 3.30. The quantitative estimate of drug-likeness (QED) is 0.0657. The molecule has 5 rings (SSSR count). The lowest BCUT2D eigenvalue weighted by molar-refractivity contribution is -0.384. The number of ketones is 1. The van der Waals surface area contributed by atoms with Gasteiger partial charge in [-0.2, -0.15) is 5.01 Å². The summed E-state index contributed by atoms with van der Waals surface area (Å²) < 4.78 is 6.16. The number of halogens is 1. The molecule has 11 nitrogen and oxygen atoms in total. The highest BCUT2D eigenvalue weighted by atomic mass is 79.9. The Bertz CT molecular complexity index is 1590. The molecule has 12 heteroatoms. The smallest absolute Gasteiger partial charge is 0.343 e. The molecule has 1 aliphatic carbocycles. The molecule has 2 atom stereocenters. The number of Topliss-reactive ketones (excluding diaryl/α,β-unsaturated/α-hetero) is 1. The van der Waals surface area contributed by atoms with E-state index in [-0.39, 0.29) is 22.6 Å². The minimum atomic E-state index is -0.841. The topological polar surface area (TPSA) is 144 Å². The zero-order chi connectivity index (χ0) is 30.0. The number of nitro groups is 1. The van der Waals surface area contributed by atoms with E-state index in [1.807, 2.05) is 0 Å². The molecule has 0 radical (unpaired) electrons. The van der Waals surface area contributed by atoms with Gasteiger partial charge in [0.2, 0.25) is 0 Å². The average molecular weight is 632 g/mol. The fourth-order valence-electron chi connectivity index (χ4n) is 4.82. The lowest BCUT2D eigenvalue weighted by Gasteiger charge is -2.30. The van der Waals surface area contributed by atoms with Crippen LogP contribution < -0.4 is 4.74 Å². The molecule has 0 spiro atoms. The Morgan fingerprint density at radius 3 is 1.90 bits per heavy atom. The van der Waals surface area contributed by atoms with Crippen LogP contribution in [0.3, 0.4) is 0 Å². The second kappa shape index (κ2) is 11.9. The summed E-state index contributed by atoms with van der Waals surface area (Å²) in [5.41, 5.74) is 0.172. The SMILES string of the molecule is O=C(CN(C(=O)c1ccc([N+](=O)[O-])cc1)N1C(=O)[C@H]2CC=CC[C@H]2C1=O)c1ccc(OC(=O)c2ccc(Br)cc2)cc1. The maximum absolute atomic E-state index is 13.6. The third kappa shape index (κ3) is 5.75. The third-order valence-electron chi connectivity index (χ3n) is 7.05.